The lowest BCUT2D eigenvalue weighted by molar-refractivity contribution is -0.140. The Morgan fingerprint density at radius 3 is 2.71 bits per heavy atom. The molecule has 21 heavy (non-hydrogen) atoms. The van der Waals surface area contributed by atoms with Crippen LogP contribution in [0.5, 0.6) is 0 Å². The first-order valence-electron chi connectivity index (χ1n) is 6.77. The van der Waals surface area contributed by atoms with Crippen LogP contribution in [-0.2, 0) is 6.18 Å². The lowest BCUT2D eigenvalue weighted by Crippen LogP contribution is -2.43. The zero-order valence-corrected chi connectivity index (χ0v) is 11.3. The lowest BCUT2D eigenvalue weighted by Gasteiger charge is -2.23. The summed E-state index contributed by atoms with van der Waals surface area (Å²) in [5.74, 6) is -2.36. The molecule has 1 aliphatic rings. The molecule has 116 valence electrons. The number of rotatable bonds is 3. The Kier molecular flexibility index (Phi) is 4.82. The van der Waals surface area contributed by atoms with E-state index in [1.54, 1.807) is 0 Å². The van der Waals surface area contributed by atoms with Crippen molar-refractivity contribution in [2.45, 2.75) is 31.5 Å². The van der Waals surface area contributed by atoms with Gasteiger partial charge in [0.05, 0.1) is 11.1 Å². The second-order valence-corrected chi connectivity index (χ2v) is 5.02. The molecule has 1 heterocycles. The van der Waals surface area contributed by atoms with Crippen LogP contribution in [-0.4, -0.2) is 25.0 Å². The predicted octanol–water partition coefficient (Wildman–Crippen LogP) is 2.72. The molecule has 2 N–H and O–H groups in total. The van der Waals surface area contributed by atoms with Crippen molar-refractivity contribution in [3.63, 3.8) is 0 Å². The third kappa shape index (κ3) is 3.93. The number of hydrogen-bond donors (Lipinski definition) is 2. The minimum Gasteiger partial charge on any atom is -0.350 e. The summed E-state index contributed by atoms with van der Waals surface area (Å²) in [6, 6.07) is 2.78. The van der Waals surface area contributed by atoms with E-state index in [1.165, 1.54) is 0 Å². The Hall–Kier alpha value is -1.63. The van der Waals surface area contributed by atoms with Gasteiger partial charge in [0, 0.05) is 12.6 Å². The Bertz CT molecular complexity index is 510. The number of carbonyl (C=O) groups is 1. The molecule has 1 fully saturated rings. The topological polar surface area (TPSA) is 41.1 Å². The molecule has 0 spiro atoms. The van der Waals surface area contributed by atoms with Gasteiger partial charge in [-0.3, -0.25) is 4.79 Å². The fourth-order valence-electron chi connectivity index (χ4n) is 2.34. The van der Waals surface area contributed by atoms with Crippen molar-refractivity contribution in [2.24, 2.45) is 0 Å². The molecule has 0 bridgehead atoms. The van der Waals surface area contributed by atoms with Crippen LogP contribution in [0.15, 0.2) is 18.2 Å². The molecule has 1 amide bonds. The summed E-state index contributed by atoms with van der Waals surface area (Å²) in [7, 11) is 0. The van der Waals surface area contributed by atoms with Crippen molar-refractivity contribution in [3.05, 3.63) is 35.1 Å². The van der Waals surface area contributed by atoms with Gasteiger partial charge in [-0.25, -0.2) is 4.39 Å². The van der Waals surface area contributed by atoms with Crippen LogP contribution >= 0.6 is 0 Å². The summed E-state index contributed by atoms with van der Waals surface area (Å²) < 4.78 is 51.5. The number of alkyl halides is 3. The van der Waals surface area contributed by atoms with Gasteiger partial charge in [-0.1, -0.05) is 12.5 Å². The van der Waals surface area contributed by atoms with E-state index in [-0.39, 0.29) is 12.6 Å². The van der Waals surface area contributed by atoms with E-state index in [9.17, 15) is 22.4 Å². The van der Waals surface area contributed by atoms with Crippen LogP contribution < -0.4 is 10.6 Å². The zero-order valence-electron chi connectivity index (χ0n) is 11.3. The van der Waals surface area contributed by atoms with Crippen LogP contribution in [0.1, 0.15) is 35.2 Å². The number of halogens is 4. The highest BCUT2D eigenvalue weighted by Gasteiger charge is 2.35. The molecule has 1 aromatic rings. The molecular formula is C14H16F4N2O. The van der Waals surface area contributed by atoms with E-state index in [1.807, 2.05) is 0 Å². The van der Waals surface area contributed by atoms with E-state index in [0.29, 0.717) is 6.07 Å². The van der Waals surface area contributed by atoms with Gasteiger partial charge < -0.3 is 10.6 Å². The van der Waals surface area contributed by atoms with E-state index in [2.05, 4.69) is 10.6 Å². The molecule has 0 aliphatic carbocycles. The van der Waals surface area contributed by atoms with E-state index >= 15 is 0 Å². The van der Waals surface area contributed by atoms with Gasteiger partial charge in [0.25, 0.3) is 5.91 Å². The average molecular weight is 304 g/mol. The first kappa shape index (κ1) is 15.8. The molecule has 0 saturated carbocycles. The summed E-state index contributed by atoms with van der Waals surface area (Å²) in [4.78, 5) is 11.8. The maximum absolute atomic E-state index is 13.8. The monoisotopic (exact) mass is 304 g/mol. The van der Waals surface area contributed by atoms with Crippen LogP contribution in [0, 0.1) is 5.82 Å². The van der Waals surface area contributed by atoms with Crippen LogP contribution in [0.25, 0.3) is 0 Å². The Morgan fingerprint density at radius 1 is 1.33 bits per heavy atom. The van der Waals surface area contributed by atoms with Crippen LogP contribution in [0.4, 0.5) is 17.6 Å². The smallest absolute Gasteiger partial charge is 0.350 e. The van der Waals surface area contributed by atoms with E-state index < -0.39 is 29.0 Å². The van der Waals surface area contributed by atoms with Gasteiger partial charge in [0.2, 0.25) is 0 Å². The zero-order chi connectivity index (χ0) is 15.5. The summed E-state index contributed by atoms with van der Waals surface area (Å²) in [6.07, 6.45) is -1.84. The van der Waals surface area contributed by atoms with Gasteiger partial charge in [0.15, 0.2) is 0 Å². The maximum atomic E-state index is 13.8. The second-order valence-electron chi connectivity index (χ2n) is 5.02. The van der Waals surface area contributed by atoms with Crippen molar-refractivity contribution in [1.29, 1.82) is 0 Å². The molecule has 2 rings (SSSR count). The van der Waals surface area contributed by atoms with Crippen LogP contribution in [0.3, 0.4) is 0 Å². The number of carbonyl (C=O) groups excluding carboxylic acids is 1. The lowest BCUT2D eigenvalue weighted by atomic mass is 10.0. The van der Waals surface area contributed by atoms with Crippen molar-refractivity contribution >= 4 is 5.91 Å². The van der Waals surface area contributed by atoms with Crippen molar-refractivity contribution in [2.75, 3.05) is 13.1 Å². The highest BCUT2D eigenvalue weighted by atomic mass is 19.4. The normalized spacial score (nSPS) is 19.3. The number of nitrogens with one attached hydrogen (secondary N) is 2. The molecule has 1 saturated heterocycles. The van der Waals surface area contributed by atoms with Gasteiger partial charge in [0.1, 0.15) is 5.82 Å². The fourth-order valence-corrected chi connectivity index (χ4v) is 2.34. The fraction of sp³-hybridized carbons (Fsp3) is 0.500. The van der Waals surface area contributed by atoms with Gasteiger partial charge in [-0.2, -0.15) is 13.2 Å². The first-order valence-corrected chi connectivity index (χ1v) is 6.77. The third-order valence-electron chi connectivity index (χ3n) is 3.47. The van der Waals surface area contributed by atoms with Gasteiger partial charge >= 0.3 is 6.18 Å². The first-order chi connectivity index (χ1) is 9.89. The molecule has 3 nitrogen and oxygen atoms in total. The Balaban J connectivity index is 2.05. The second kappa shape index (κ2) is 6.43. The summed E-state index contributed by atoms with van der Waals surface area (Å²) in [5, 5.41) is 5.67. The largest absolute Gasteiger partial charge is 0.419 e. The molecule has 1 aliphatic heterocycles. The highest BCUT2D eigenvalue weighted by Crippen LogP contribution is 2.32. The standard InChI is InChI=1S/C14H16F4N2O/c15-12-10(5-3-6-11(12)14(16,17)18)13(21)20-8-9-4-1-2-7-19-9/h3,5-6,9,19H,1-2,4,7-8H2,(H,20,21)/t9-/m1/s1. The molecule has 0 radical (unpaired) electrons. The third-order valence-corrected chi connectivity index (χ3v) is 3.47. The summed E-state index contributed by atoms with van der Waals surface area (Å²) in [5.41, 5.74) is -2.01. The quantitative estimate of drug-likeness (QED) is 0.843. The predicted molar refractivity (Wildman–Crippen MR) is 69.4 cm³/mol. The molecule has 1 aromatic carbocycles. The van der Waals surface area contributed by atoms with Crippen molar-refractivity contribution < 1.29 is 22.4 Å². The molecule has 1 atom stereocenters. The Morgan fingerprint density at radius 2 is 2.10 bits per heavy atom. The summed E-state index contributed by atoms with van der Waals surface area (Å²) >= 11 is 0. The minimum atomic E-state index is -4.81. The summed E-state index contributed by atoms with van der Waals surface area (Å²) in [6.45, 7) is 1.12. The van der Waals surface area contributed by atoms with E-state index in [0.717, 1.165) is 37.9 Å². The number of benzene rings is 1. The molecule has 0 aromatic heterocycles. The molecule has 0 unspecified atom stereocenters. The van der Waals surface area contributed by atoms with Crippen molar-refractivity contribution in [1.82, 2.24) is 10.6 Å². The highest BCUT2D eigenvalue weighted by molar-refractivity contribution is 5.94. The average Bonchev–Trinajstić information content (AvgIpc) is 2.45. The maximum Gasteiger partial charge on any atom is 0.419 e. The molecular weight excluding hydrogens is 288 g/mol. The SMILES string of the molecule is O=C(NC[C@H]1CCCCN1)c1cccc(C(F)(F)F)c1F. The molecule has 7 heteroatoms. The Labute approximate surface area is 119 Å². The number of amides is 1. The van der Waals surface area contributed by atoms with Crippen LogP contribution in [0.2, 0.25) is 0 Å². The van der Waals surface area contributed by atoms with E-state index in [4.69, 9.17) is 0 Å². The number of piperidine rings is 1. The van der Waals surface area contributed by atoms with Gasteiger partial charge in [-0.15, -0.1) is 0 Å². The van der Waals surface area contributed by atoms with Crippen molar-refractivity contribution in [3.8, 4) is 0 Å². The number of hydrogen-bond acceptors (Lipinski definition) is 2. The van der Waals surface area contributed by atoms with Gasteiger partial charge in [-0.05, 0) is 31.5 Å². The minimum absolute atomic E-state index is 0.0801.